The highest BCUT2D eigenvalue weighted by molar-refractivity contribution is 9.10. The first-order chi connectivity index (χ1) is 8.29. The zero-order valence-corrected chi connectivity index (χ0v) is 11.6. The molecule has 94 valence electrons. The molecule has 0 saturated carbocycles. The van der Waals surface area contributed by atoms with Gasteiger partial charge in [-0.15, -0.1) is 0 Å². The molecule has 0 N–H and O–H groups in total. The molecule has 4 heteroatoms. The van der Waals surface area contributed by atoms with Gasteiger partial charge in [-0.3, -0.25) is 4.90 Å². The molecule has 0 bridgehead atoms. The summed E-state index contributed by atoms with van der Waals surface area (Å²) in [6.07, 6.45) is 0. The van der Waals surface area contributed by atoms with Crippen LogP contribution in [-0.4, -0.2) is 43.9 Å². The Bertz CT molecular complexity index is 342. The molecule has 1 unspecified atom stereocenters. The second kappa shape index (κ2) is 6.38. The third-order valence-corrected chi connectivity index (χ3v) is 3.54. The molecule has 1 aromatic carbocycles. The summed E-state index contributed by atoms with van der Waals surface area (Å²) < 4.78 is 12.4. The SMILES string of the molecule is CCN1CCOCC1COc1ccc(Br)cc1. The van der Waals surface area contributed by atoms with Crippen LogP contribution in [0.25, 0.3) is 0 Å². The largest absolute Gasteiger partial charge is 0.492 e. The van der Waals surface area contributed by atoms with Gasteiger partial charge in [-0.25, -0.2) is 0 Å². The Morgan fingerprint density at radius 1 is 1.41 bits per heavy atom. The fraction of sp³-hybridized carbons (Fsp3) is 0.538. The van der Waals surface area contributed by atoms with Crippen molar-refractivity contribution in [2.24, 2.45) is 0 Å². The summed E-state index contributed by atoms with van der Waals surface area (Å²) in [6, 6.07) is 8.31. The Morgan fingerprint density at radius 3 is 2.88 bits per heavy atom. The molecule has 2 rings (SSSR count). The van der Waals surface area contributed by atoms with Crippen LogP contribution in [0.1, 0.15) is 6.92 Å². The van der Waals surface area contributed by atoms with Crippen LogP contribution in [0.5, 0.6) is 5.75 Å². The van der Waals surface area contributed by atoms with E-state index in [1.165, 1.54) is 0 Å². The lowest BCUT2D eigenvalue weighted by Crippen LogP contribution is -2.48. The summed E-state index contributed by atoms with van der Waals surface area (Å²) in [5.41, 5.74) is 0. The van der Waals surface area contributed by atoms with Gasteiger partial charge in [0.2, 0.25) is 0 Å². The second-order valence-corrected chi connectivity index (χ2v) is 5.04. The van der Waals surface area contributed by atoms with E-state index in [0.717, 1.165) is 36.5 Å². The zero-order valence-electron chi connectivity index (χ0n) is 10.1. The fourth-order valence-corrected chi connectivity index (χ4v) is 2.25. The van der Waals surface area contributed by atoms with Crippen molar-refractivity contribution < 1.29 is 9.47 Å². The van der Waals surface area contributed by atoms with Crippen molar-refractivity contribution >= 4 is 15.9 Å². The van der Waals surface area contributed by atoms with Crippen molar-refractivity contribution in [3.05, 3.63) is 28.7 Å². The number of halogens is 1. The number of ether oxygens (including phenoxy) is 2. The number of morpholine rings is 1. The Balaban J connectivity index is 1.86. The maximum atomic E-state index is 5.79. The zero-order chi connectivity index (χ0) is 12.1. The number of rotatable bonds is 4. The van der Waals surface area contributed by atoms with Crippen molar-refractivity contribution in [1.82, 2.24) is 4.90 Å². The molecule has 0 spiro atoms. The Morgan fingerprint density at radius 2 is 2.18 bits per heavy atom. The van der Waals surface area contributed by atoms with Gasteiger partial charge in [-0.05, 0) is 30.8 Å². The fourth-order valence-electron chi connectivity index (χ4n) is 1.98. The minimum Gasteiger partial charge on any atom is -0.492 e. The van der Waals surface area contributed by atoms with E-state index in [4.69, 9.17) is 9.47 Å². The molecule has 1 fully saturated rings. The van der Waals surface area contributed by atoms with Crippen molar-refractivity contribution in [1.29, 1.82) is 0 Å². The van der Waals surface area contributed by atoms with Gasteiger partial charge in [0.05, 0.1) is 19.3 Å². The summed E-state index contributed by atoms with van der Waals surface area (Å²) in [4.78, 5) is 2.41. The van der Waals surface area contributed by atoms with E-state index in [1.54, 1.807) is 0 Å². The van der Waals surface area contributed by atoms with Crippen molar-refractivity contribution in [2.75, 3.05) is 32.9 Å². The molecular formula is C13H18BrNO2. The van der Waals surface area contributed by atoms with E-state index in [-0.39, 0.29) is 0 Å². The minimum absolute atomic E-state index is 0.373. The van der Waals surface area contributed by atoms with E-state index in [1.807, 2.05) is 24.3 Å². The molecule has 17 heavy (non-hydrogen) atoms. The van der Waals surface area contributed by atoms with Crippen LogP contribution in [-0.2, 0) is 4.74 Å². The predicted octanol–water partition coefficient (Wildman–Crippen LogP) is 2.55. The summed E-state index contributed by atoms with van der Waals surface area (Å²) in [5, 5.41) is 0. The second-order valence-electron chi connectivity index (χ2n) is 4.12. The average Bonchev–Trinajstić information content (AvgIpc) is 2.38. The van der Waals surface area contributed by atoms with E-state index in [9.17, 15) is 0 Å². The van der Waals surface area contributed by atoms with E-state index >= 15 is 0 Å². The maximum absolute atomic E-state index is 5.79. The molecule has 0 aromatic heterocycles. The molecule has 1 aliphatic heterocycles. The van der Waals surface area contributed by atoms with Gasteiger partial charge in [0.1, 0.15) is 12.4 Å². The Hall–Kier alpha value is -0.580. The predicted molar refractivity (Wildman–Crippen MR) is 71.5 cm³/mol. The highest BCUT2D eigenvalue weighted by atomic mass is 79.9. The summed E-state index contributed by atoms with van der Waals surface area (Å²) >= 11 is 3.41. The first-order valence-electron chi connectivity index (χ1n) is 5.99. The topological polar surface area (TPSA) is 21.7 Å². The highest BCUT2D eigenvalue weighted by Crippen LogP contribution is 2.17. The first kappa shape index (κ1) is 12.9. The van der Waals surface area contributed by atoms with Gasteiger partial charge in [-0.2, -0.15) is 0 Å². The standard InChI is InChI=1S/C13H18BrNO2/c1-2-15-7-8-16-9-12(15)10-17-13-5-3-11(14)4-6-13/h3-6,12H,2,7-10H2,1H3. The minimum atomic E-state index is 0.373. The summed E-state index contributed by atoms with van der Waals surface area (Å²) in [7, 11) is 0. The molecule has 1 saturated heterocycles. The van der Waals surface area contributed by atoms with Gasteiger partial charge < -0.3 is 9.47 Å². The third-order valence-electron chi connectivity index (χ3n) is 3.01. The van der Waals surface area contributed by atoms with Crippen LogP contribution in [0, 0.1) is 0 Å². The molecule has 1 aliphatic rings. The van der Waals surface area contributed by atoms with E-state index in [2.05, 4.69) is 27.8 Å². The number of benzene rings is 1. The number of likely N-dealkylation sites (N-methyl/N-ethyl adjacent to an activating group) is 1. The molecule has 0 aliphatic carbocycles. The van der Waals surface area contributed by atoms with E-state index < -0.39 is 0 Å². The van der Waals surface area contributed by atoms with Crippen LogP contribution in [0.15, 0.2) is 28.7 Å². The van der Waals surface area contributed by atoms with Gasteiger partial charge in [0, 0.05) is 11.0 Å². The Kier molecular flexibility index (Phi) is 4.83. The van der Waals surface area contributed by atoms with Gasteiger partial charge in [-0.1, -0.05) is 22.9 Å². The lowest BCUT2D eigenvalue weighted by Gasteiger charge is -2.34. The van der Waals surface area contributed by atoms with Crippen molar-refractivity contribution in [3.8, 4) is 5.75 Å². The third kappa shape index (κ3) is 3.69. The maximum Gasteiger partial charge on any atom is 0.119 e. The monoisotopic (exact) mass is 299 g/mol. The molecule has 3 nitrogen and oxygen atoms in total. The summed E-state index contributed by atoms with van der Waals surface area (Å²) in [6.45, 7) is 6.53. The molecule has 0 amide bonds. The average molecular weight is 300 g/mol. The van der Waals surface area contributed by atoms with Crippen LogP contribution >= 0.6 is 15.9 Å². The smallest absolute Gasteiger partial charge is 0.119 e. The van der Waals surface area contributed by atoms with Crippen LogP contribution in [0.4, 0.5) is 0 Å². The van der Waals surface area contributed by atoms with Crippen LogP contribution in [0.3, 0.4) is 0 Å². The van der Waals surface area contributed by atoms with Crippen LogP contribution < -0.4 is 4.74 Å². The quantitative estimate of drug-likeness (QED) is 0.853. The molecule has 0 radical (unpaired) electrons. The Labute approximate surface area is 111 Å². The van der Waals surface area contributed by atoms with Crippen molar-refractivity contribution in [2.45, 2.75) is 13.0 Å². The highest BCUT2D eigenvalue weighted by Gasteiger charge is 2.21. The van der Waals surface area contributed by atoms with Gasteiger partial charge in [0.25, 0.3) is 0 Å². The molecular weight excluding hydrogens is 282 g/mol. The van der Waals surface area contributed by atoms with Gasteiger partial charge in [0.15, 0.2) is 0 Å². The summed E-state index contributed by atoms with van der Waals surface area (Å²) in [5.74, 6) is 0.912. The van der Waals surface area contributed by atoms with E-state index in [0.29, 0.717) is 12.6 Å². The van der Waals surface area contributed by atoms with Crippen molar-refractivity contribution in [3.63, 3.8) is 0 Å². The first-order valence-corrected chi connectivity index (χ1v) is 6.79. The molecule has 1 aromatic rings. The van der Waals surface area contributed by atoms with Crippen LogP contribution in [0.2, 0.25) is 0 Å². The number of hydrogen-bond acceptors (Lipinski definition) is 3. The van der Waals surface area contributed by atoms with Gasteiger partial charge >= 0.3 is 0 Å². The number of nitrogens with zero attached hydrogens (tertiary/aromatic N) is 1. The molecule has 1 atom stereocenters. The lowest BCUT2D eigenvalue weighted by molar-refractivity contribution is -0.0209. The lowest BCUT2D eigenvalue weighted by atomic mass is 10.2. The number of hydrogen-bond donors (Lipinski definition) is 0. The normalized spacial score (nSPS) is 21.4. The molecule has 1 heterocycles.